The van der Waals surface area contributed by atoms with Crippen molar-refractivity contribution in [3.63, 3.8) is 0 Å². The van der Waals surface area contributed by atoms with Crippen molar-refractivity contribution in [2.75, 3.05) is 6.26 Å². The number of benzene rings is 1. The Morgan fingerprint density at radius 1 is 1.11 bits per heavy atom. The van der Waals surface area contributed by atoms with E-state index in [-0.39, 0.29) is 10.5 Å². The normalized spacial score (nSPS) is 10.9. The van der Waals surface area contributed by atoms with Crippen molar-refractivity contribution < 1.29 is 8.42 Å². The summed E-state index contributed by atoms with van der Waals surface area (Å²) in [6.45, 7) is 0. The van der Waals surface area contributed by atoms with Crippen LogP contribution in [0.5, 0.6) is 0 Å². The minimum atomic E-state index is -3.24. The lowest BCUT2D eigenvalue weighted by molar-refractivity contribution is 0.602. The number of hydrogen-bond acceptors (Lipinski definition) is 4. The molecular weight excluding hydrogens is 264 g/mol. The Morgan fingerprint density at radius 3 is 2.21 bits per heavy atom. The van der Waals surface area contributed by atoms with E-state index in [0.29, 0.717) is 11.3 Å². The number of pyridine rings is 1. The fourth-order valence-electron chi connectivity index (χ4n) is 1.61. The van der Waals surface area contributed by atoms with Crippen molar-refractivity contribution >= 4 is 9.84 Å². The summed E-state index contributed by atoms with van der Waals surface area (Å²) < 4.78 is 22.6. The van der Waals surface area contributed by atoms with E-state index in [1.165, 1.54) is 18.2 Å². The van der Waals surface area contributed by atoms with Gasteiger partial charge in [0, 0.05) is 11.9 Å². The molecule has 6 heteroatoms. The molecule has 0 saturated heterocycles. The first-order valence-corrected chi connectivity index (χ1v) is 7.25. The molecule has 0 unspecified atom stereocenters. The second-order valence-electron chi connectivity index (χ2n) is 4.02. The zero-order valence-corrected chi connectivity index (χ0v) is 10.9. The highest BCUT2D eigenvalue weighted by atomic mass is 32.2. The zero-order chi connectivity index (χ0) is 14.0. The van der Waals surface area contributed by atoms with Crippen LogP contribution in [0.1, 0.15) is 5.56 Å². The van der Waals surface area contributed by atoms with E-state index < -0.39 is 15.4 Å². The molecule has 1 heterocycles. The molecule has 19 heavy (non-hydrogen) atoms. The number of aromatic nitrogens is 1. The molecule has 0 amide bonds. The summed E-state index contributed by atoms with van der Waals surface area (Å²) in [6.07, 6.45) is 1.13. The second kappa shape index (κ2) is 4.71. The van der Waals surface area contributed by atoms with Crippen LogP contribution in [-0.2, 0) is 9.84 Å². The Bertz CT molecular complexity index is 812. The molecule has 0 radical (unpaired) electrons. The van der Waals surface area contributed by atoms with Crippen molar-refractivity contribution in [1.82, 2.24) is 4.98 Å². The third-order valence-corrected chi connectivity index (χ3v) is 3.75. The SMILES string of the molecule is CS(=O)(=O)c1ccc(-c2ccc(C#N)c(=O)[nH]2)cc1. The highest BCUT2D eigenvalue weighted by molar-refractivity contribution is 7.90. The van der Waals surface area contributed by atoms with Gasteiger partial charge in [-0.2, -0.15) is 5.26 Å². The summed E-state index contributed by atoms with van der Waals surface area (Å²) in [7, 11) is -3.24. The van der Waals surface area contributed by atoms with Gasteiger partial charge in [0.15, 0.2) is 9.84 Å². The first kappa shape index (κ1) is 13.1. The summed E-state index contributed by atoms with van der Waals surface area (Å²) in [5, 5.41) is 8.67. The maximum atomic E-state index is 11.5. The molecule has 96 valence electrons. The van der Waals surface area contributed by atoms with Crippen molar-refractivity contribution in [1.29, 1.82) is 5.26 Å². The number of nitriles is 1. The number of rotatable bonds is 2. The van der Waals surface area contributed by atoms with Crippen molar-refractivity contribution in [2.24, 2.45) is 0 Å². The van der Waals surface area contributed by atoms with Gasteiger partial charge in [0.2, 0.25) is 0 Å². The molecule has 5 nitrogen and oxygen atoms in total. The van der Waals surface area contributed by atoms with E-state index in [9.17, 15) is 13.2 Å². The smallest absolute Gasteiger partial charge is 0.266 e. The molecule has 2 rings (SSSR count). The van der Waals surface area contributed by atoms with Gasteiger partial charge in [-0.3, -0.25) is 4.79 Å². The van der Waals surface area contributed by atoms with Gasteiger partial charge in [-0.05, 0) is 29.8 Å². The highest BCUT2D eigenvalue weighted by Crippen LogP contribution is 2.18. The third kappa shape index (κ3) is 2.72. The fraction of sp³-hybridized carbons (Fsp3) is 0.0769. The lowest BCUT2D eigenvalue weighted by atomic mass is 10.1. The number of nitrogens with one attached hydrogen (secondary N) is 1. The maximum absolute atomic E-state index is 11.5. The van der Waals surface area contributed by atoms with Crippen LogP contribution in [0.2, 0.25) is 0 Å². The van der Waals surface area contributed by atoms with Gasteiger partial charge in [-0.1, -0.05) is 12.1 Å². The monoisotopic (exact) mass is 274 g/mol. The summed E-state index contributed by atoms with van der Waals surface area (Å²) in [6, 6.07) is 11.0. The Hall–Kier alpha value is -2.39. The van der Waals surface area contributed by atoms with E-state index >= 15 is 0 Å². The summed E-state index contributed by atoms with van der Waals surface area (Å²) >= 11 is 0. The molecule has 1 aromatic carbocycles. The Morgan fingerprint density at radius 2 is 1.74 bits per heavy atom. The standard InChI is InChI=1S/C13H10N2O3S/c1-19(17,18)11-5-2-9(3-6-11)12-7-4-10(8-14)13(16)15-12/h2-7H,1H3,(H,15,16). The van der Waals surface area contributed by atoms with E-state index in [1.807, 2.05) is 0 Å². The predicted molar refractivity (Wildman–Crippen MR) is 70.3 cm³/mol. The van der Waals surface area contributed by atoms with Gasteiger partial charge in [0.1, 0.15) is 11.6 Å². The number of nitrogens with zero attached hydrogens (tertiary/aromatic N) is 1. The van der Waals surface area contributed by atoms with Crippen LogP contribution >= 0.6 is 0 Å². The van der Waals surface area contributed by atoms with Crippen LogP contribution in [0.15, 0.2) is 46.1 Å². The van der Waals surface area contributed by atoms with Crippen molar-refractivity contribution in [3.8, 4) is 17.3 Å². The molecule has 0 aliphatic carbocycles. The fourth-order valence-corrected chi connectivity index (χ4v) is 2.24. The Balaban J connectivity index is 2.47. The molecule has 0 atom stereocenters. The van der Waals surface area contributed by atoms with Crippen molar-refractivity contribution in [3.05, 3.63) is 52.3 Å². The molecule has 2 aromatic rings. The molecule has 1 N–H and O–H groups in total. The zero-order valence-electron chi connectivity index (χ0n) is 10.0. The third-order valence-electron chi connectivity index (χ3n) is 2.62. The average Bonchev–Trinajstić information content (AvgIpc) is 2.38. The van der Waals surface area contributed by atoms with Crippen molar-refractivity contribution in [2.45, 2.75) is 4.90 Å². The summed E-state index contributed by atoms with van der Waals surface area (Å²) in [4.78, 5) is 14.3. The number of hydrogen-bond donors (Lipinski definition) is 1. The molecule has 0 saturated carbocycles. The van der Waals surface area contributed by atoms with Gasteiger partial charge in [-0.25, -0.2) is 8.42 Å². The number of aromatic amines is 1. The Kier molecular flexibility index (Phi) is 3.23. The van der Waals surface area contributed by atoms with E-state index in [2.05, 4.69) is 4.98 Å². The molecule has 0 fully saturated rings. The number of sulfone groups is 1. The lowest BCUT2D eigenvalue weighted by Gasteiger charge is -2.03. The highest BCUT2D eigenvalue weighted by Gasteiger charge is 2.07. The maximum Gasteiger partial charge on any atom is 0.266 e. The minimum absolute atomic E-state index is 0.0384. The first-order chi connectivity index (χ1) is 8.91. The predicted octanol–water partition coefficient (Wildman–Crippen LogP) is 1.32. The first-order valence-electron chi connectivity index (χ1n) is 5.36. The molecule has 0 aliphatic rings. The van der Waals surface area contributed by atoms with Gasteiger partial charge < -0.3 is 4.98 Å². The van der Waals surface area contributed by atoms with Crippen LogP contribution < -0.4 is 5.56 Å². The van der Waals surface area contributed by atoms with Crippen LogP contribution in [0.4, 0.5) is 0 Å². The minimum Gasteiger partial charge on any atom is -0.321 e. The lowest BCUT2D eigenvalue weighted by Crippen LogP contribution is -2.10. The Labute approximate surface area is 110 Å². The van der Waals surface area contributed by atoms with Crippen LogP contribution in [0, 0.1) is 11.3 Å². The molecule has 0 aliphatic heterocycles. The molecule has 0 bridgehead atoms. The number of H-pyrrole nitrogens is 1. The molecular formula is C13H10N2O3S. The van der Waals surface area contributed by atoms with Crippen LogP contribution in [0.25, 0.3) is 11.3 Å². The quantitative estimate of drug-likeness (QED) is 0.894. The average molecular weight is 274 g/mol. The van der Waals surface area contributed by atoms with E-state index in [1.54, 1.807) is 24.3 Å². The topological polar surface area (TPSA) is 90.8 Å². The van der Waals surface area contributed by atoms with Gasteiger partial charge in [0.05, 0.1) is 4.90 Å². The molecule has 1 aromatic heterocycles. The summed E-state index contributed by atoms with van der Waals surface area (Å²) in [5.74, 6) is 0. The van der Waals surface area contributed by atoms with E-state index in [0.717, 1.165) is 6.26 Å². The van der Waals surface area contributed by atoms with Gasteiger partial charge in [0.25, 0.3) is 5.56 Å². The van der Waals surface area contributed by atoms with Crippen LogP contribution in [-0.4, -0.2) is 19.7 Å². The van der Waals surface area contributed by atoms with Gasteiger partial charge in [-0.15, -0.1) is 0 Å². The largest absolute Gasteiger partial charge is 0.321 e. The second-order valence-corrected chi connectivity index (χ2v) is 6.04. The molecule has 0 spiro atoms. The van der Waals surface area contributed by atoms with Gasteiger partial charge >= 0.3 is 0 Å². The van der Waals surface area contributed by atoms with Crippen LogP contribution in [0.3, 0.4) is 0 Å². The summed E-state index contributed by atoms with van der Waals surface area (Å²) in [5.41, 5.74) is 0.779. The van der Waals surface area contributed by atoms with E-state index in [4.69, 9.17) is 5.26 Å².